The number of methoxy groups -OCH3 is 1. The van der Waals surface area contributed by atoms with Crippen molar-refractivity contribution in [3.8, 4) is 17.2 Å². The summed E-state index contributed by atoms with van der Waals surface area (Å²) in [5, 5.41) is 14.7. The van der Waals surface area contributed by atoms with Crippen molar-refractivity contribution < 1.29 is 28.8 Å². The Morgan fingerprint density at radius 2 is 1.88 bits per heavy atom. The van der Waals surface area contributed by atoms with Gasteiger partial charge in [-0.25, -0.2) is 4.79 Å². The number of fused-ring (bicyclic) bond motifs is 5. The second kappa shape index (κ2) is 14.4. The molecule has 8 rings (SSSR count). The Morgan fingerprint density at radius 3 is 2.62 bits per heavy atom. The third kappa shape index (κ3) is 6.62. The van der Waals surface area contributed by atoms with Crippen molar-refractivity contribution in [1.82, 2.24) is 9.88 Å². The summed E-state index contributed by atoms with van der Waals surface area (Å²) in [4.78, 5) is 20.1. The number of aryl methyl sites for hydroxylation is 1. The van der Waals surface area contributed by atoms with E-state index in [2.05, 4.69) is 41.2 Å². The molecule has 2 fully saturated rings. The first-order valence-corrected chi connectivity index (χ1v) is 19.6. The molecule has 1 saturated carbocycles. The molecular weight excluding hydrogens is 678 g/mol. The molecule has 3 aromatic rings. The van der Waals surface area contributed by atoms with Crippen molar-refractivity contribution in [1.29, 1.82) is 0 Å². The quantitative estimate of drug-likeness (QED) is 0.206. The molecule has 52 heavy (non-hydrogen) atoms. The molecule has 3 aliphatic carbocycles. The van der Waals surface area contributed by atoms with Crippen LogP contribution in [-0.4, -0.2) is 78.7 Å². The zero-order valence-electron chi connectivity index (χ0n) is 30.7. The van der Waals surface area contributed by atoms with Crippen LogP contribution in [0, 0.1) is 11.8 Å². The van der Waals surface area contributed by atoms with Gasteiger partial charge in [0.1, 0.15) is 23.5 Å². The Morgan fingerprint density at radius 1 is 1.12 bits per heavy atom. The number of benzene rings is 2. The van der Waals surface area contributed by atoms with Crippen LogP contribution in [0.3, 0.4) is 0 Å². The average Bonchev–Trinajstić information content (AvgIpc) is 3.65. The number of hydrogen-bond acceptors (Lipinski definition) is 8. The Balaban J connectivity index is 1.05. The van der Waals surface area contributed by atoms with E-state index in [1.165, 1.54) is 35.2 Å². The molecule has 0 bridgehead atoms. The van der Waals surface area contributed by atoms with E-state index in [1.54, 1.807) is 7.11 Å². The standard InChI is InChI=1S/C42H52ClN3O6/c1-26(25-50-34-10-15-44-33-9-4-6-27(2)39(33)34)18-29-19-28-20-35-36(52-38-24-46(16-17-49-3)23-37(38)51-35)22-32(28)41(29)11-13-42(14-12-41,40(47)48)45-31-8-5-7-30(43)21-31/h5,7-8,10,15,20-22,26-27,29,37-38,45H,4,6,9,11-14,16-19,23-25H2,1-3H3,(H,47,48)/t26-,27-,29+,37+,38-,41?,42?/m1/s1. The molecule has 1 spiro atoms. The van der Waals surface area contributed by atoms with E-state index < -0.39 is 11.5 Å². The van der Waals surface area contributed by atoms with E-state index in [-0.39, 0.29) is 17.6 Å². The minimum Gasteiger partial charge on any atom is -0.493 e. The predicted molar refractivity (Wildman–Crippen MR) is 201 cm³/mol. The minimum absolute atomic E-state index is 0.00387. The molecular formula is C42H52ClN3O6. The molecule has 1 saturated heterocycles. The van der Waals surface area contributed by atoms with Gasteiger partial charge in [0, 0.05) is 54.9 Å². The molecule has 0 amide bonds. The molecule has 5 aliphatic rings. The molecule has 9 nitrogen and oxygen atoms in total. The summed E-state index contributed by atoms with van der Waals surface area (Å²) in [6.45, 7) is 8.39. The summed E-state index contributed by atoms with van der Waals surface area (Å²) in [6, 6.07) is 13.9. The largest absolute Gasteiger partial charge is 0.493 e. The fraction of sp³-hybridized carbons (Fsp3) is 0.571. The van der Waals surface area contributed by atoms with Crippen LogP contribution in [0.4, 0.5) is 5.69 Å². The van der Waals surface area contributed by atoms with Gasteiger partial charge in [-0.3, -0.25) is 9.88 Å². The summed E-state index contributed by atoms with van der Waals surface area (Å²) >= 11 is 6.31. The molecule has 1 aromatic heterocycles. The first kappa shape index (κ1) is 35.5. The third-order valence-corrected chi connectivity index (χ3v) is 13.0. The molecule has 5 atom stereocenters. The lowest BCUT2D eigenvalue weighted by Crippen LogP contribution is -2.53. The number of aliphatic carboxylic acids is 1. The lowest BCUT2D eigenvalue weighted by atomic mass is 9.59. The summed E-state index contributed by atoms with van der Waals surface area (Å²) in [5.74, 6) is 2.89. The number of carbonyl (C=O) groups is 1. The zero-order valence-corrected chi connectivity index (χ0v) is 31.4. The van der Waals surface area contributed by atoms with Crippen LogP contribution >= 0.6 is 11.6 Å². The second-order valence-electron chi connectivity index (χ2n) is 16.2. The van der Waals surface area contributed by atoms with Crippen molar-refractivity contribution in [2.75, 3.05) is 45.3 Å². The number of ether oxygens (including phenoxy) is 4. The van der Waals surface area contributed by atoms with Crippen LogP contribution in [0.2, 0.25) is 5.02 Å². The normalized spacial score (nSPS) is 29.6. The molecule has 3 heterocycles. The summed E-state index contributed by atoms with van der Waals surface area (Å²) < 4.78 is 25.3. The smallest absolute Gasteiger partial charge is 0.329 e. The number of aromatic nitrogens is 1. The maximum absolute atomic E-state index is 13.0. The maximum Gasteiger partial charge on any atom is 0.329 e. The highest BCUT2D eigenvalue weighted by Gasteiger charge is 2.55. The number of halogens is 1. The van der Waals surface area contributed by atoms with Crippen LogP contribution < -0.4 is 19.5 Å². The molecule has 10 heteroatoms. The first-order chi connectivity index (χ1) is 25.2. The number of carboxylic acid groups (broad SMARTS) is 1. The first-order valence-electron chi connectivity index (χ1n) is 19.3. The third-order valence-electron chi connectivity index (χ3n) is 12.8. The predicted octanol–water partition coefficient (Wildman–Crippen LogP) is 7.67. The number of nitrogens with zero attached hydrogens (tertiary/aromatic N) is 2. The topological polar surface area (TPSA) is 102 Å². The van der Waals surface area contributed by atoms with E-state index in [0.717, 1.165) is 74.7 Å². The number of rotatable bonds is 11. The lowest BCUT2D eigenvalue weighted by molar-refractivity contribution is -0.144. The monoisotopic (exact) mass is 729 g/mol. The Hall–Kier alpha value is -3.53. The number of nitrogens with one attached hydrogen (secondary N) is 1. The van der Waals surface area contributed by atoms with Crippen LogP contribution in [0.25, 0.3) is 0 Å². The SMILES string of the molecule is COCCN1C[C@@H]2Oc3cc4c(cc3O[C@@H]2C1)C1(CCC(Nc2cccc(Cl)c2)(C(=O)O)CC1)[C@@H](C[C@@H](C)COc1ccnc2c1[C@H](C)CCC2)C4. The highest BCUT2D eigenvalue weighted by atomic mass is 35.5. The van der Waals surface area contributed by atoms with Crippen molar-refractivity contribution in [3.63, 3.8) is 0 Å². The lowest BCUT2D eigenvalue weighted by Gasteiger charge is -2.47. The zero-order chi connectivity index (χ0) is 36.0. The van der Waals surface area contributed by atoms with Crippen molar-refractivity contribution >= 4 is 23.3 Å². The van der Waals surface area contributed by atoms with Crippen LogP contribution in [0.15, 0.2) is 48.7 Å². The van der Waals surface area contributed by atoms with Gasteiger partial charge in [-0.15, -0.1) is 0 Å². The Labute approximate surface area is 312 Å². The second-order valence-corrected chi connectivity index (χ2v) is 16.7. The molecule has 0 unspecified atom stereocenters. The van der Waals surface area contributed by atoms with Gasteiger partial charge in [0.25, 0.3) is 0 Å². The maximum atomic E-state index is 13.0. The van der Waals surface area contributed by atoms with Crippen molar-refractivity contribution in [3.05, 3.63) is 76.1 Å². The van der Waals surface area contributed by atoms with Crippen LogP contribution in [0.5, 0.6) is 17.2 Å². The van der Waals surface area contributed by atoms with Crippen molar-refractivity contribution in [2.45, 2.75) is 101 Å². The van der Waals surface area contributed by atoms with Crippen LogP contribution in [-0.2, 0) is 27.8 Å². The summed E-state index contributed by atoms with van der Waals surface area (Å²) in [7, 11) is 1.73. The number of likely N-dealkylation sites (tertiary alicyclic amines) is 1. The Kier molecular flexibility index (Phi) is 9.81. The molecule has 2 aromatic carbocycles. The molecule has 2 aliphatic heterocycles. The summed E-state index contributed by atoms with van der Waals surface area (Å²) in [6.07, 6.45) is 9.65. The van der Waals surface area contributed by atoms with E-state index >= 15 is 0 Å². The van der Waals surface area contributed by atoms with Gasteiger partial charge < -0.3 is 29.4 Å². The number of hydrogen-bond donors (Lipinski definition) is 2. The van der Waals surface area contributed by atoms with Gasteiger partial charge in [-0.05, 0) is 128 Å². The number of pyridine rings is 1. The Bertz CT molecular complexity index is 1790. The molecule has 0 radical (unpaired) electrons. The van der Waals surface area contributed by atoms with E-state index in [4.69, 9.17) is 30.5 Å². The fourth-order valence-electron chi connectivity index (χ4n) is 10.1. The summed E-state index contributed by atoms with van der Waals surface area (Å²) in [5.41, 5.74) is 4.55. The van der Waals surface area contributed by atoms with Gasteiger partial charge in [0.15, 0.2) is 11.5 Å². The van der Waals surface area contributed by atoms with E-state index in [0.29, 0.717) is 48.8 Å². The highest BCUT2D eigenvalue weighted by molar-refractivity contribution is 6.30. The van der Waals surface area contributed by atoms with Gasteiger partial charge in [0.05, 0.1) is 13.2 Å². The van der Waals surface area contributed by atoms with Gasteiger partial charge in [-0.2, -0.15) is 0 Å². The molecule has 2 N–H and O–H groups in total. The minimum atomic E-state index is -1.08. The van der Waals surface area contributed by atoms with Gasteiger partial charge in [0.2, 0.25) is 0 Å². The molecule has 278 valence electrons. The van der Waals surface area contributed by atoms with E-state index in [1.807, 2.05) is 36.5 Å². The highest BCUT2D eigenvalue weighted by Crippen LogP contribution is 2.58. The van der Waals surface area contributed by atoms with Crippen molar-refractivity contribution in [2.24, 2.45) is 11.8 Å². The fourth-order valence-corrected chi connectivity index (χ4v) is 10.3. The van der Waals surface area contributed by atoms with Gasteiger partial charge in [-0.1, -0.05) is 31.5 Å². The van der Waals surface area contributed by atoms with E-state index in [9.17, 15) is 9.90 Å². The number of carboxylic acids is 1. The number of anilines is 1. The van der Waals surface area contributed by atoms with Gasteiger partial charge >= 0.3 is 5.97 Å². The van der Waals surface area contributed by atoms with Crippen LogP contribution in [0.1, 0.15) is 87.1 Å². The average molecular weight is 730 g/mol.